The number of carbonyl (C=O) groups is 2. The lowest BCUT2D eigenvalue weighted by Crippen LogP contribution is -2.47. The monoisotopic (exact) mass is 368 g/mol. The minimum Gasteiger partial charge on any atom is -0.493 e. The molecule has 1 fully saturated rings. The predicted octanol–water partition coefficient (Wildman–Crippen LogP) is 2.12. The van der Waals surface area contributed by atoms with E-state index in [4.69, 9.17) is 14.3 Å². The fourth-order valence-electron chi connectivity index (χ4n) is 2.67. The number of nitrogens with zero attached hydrogens (tertiary/aromatic N) is 1. The van der Waals surface area contributed by atoms with Crippen LogP contribution in [-0.2, 0) is 14.4 Å². The van der Waals surface area contributed by atoms with Crippen molar-refractivity contribution < 1.29 is 23.9 Å². The van der Waals surface area contributed by atoms with Crippen LogP contribution in [0.25, 0.3) is 0 Å². The van der Waals surface area contributed by atoms with Gasteiger partial charge in [-0.25, -0.2) is 5.48 Å². The molecule has 7 nitrogen and oxygen atoms in total. The number of hydrogen-bond acceptors (Lipinski definition) is 6. The first kappa shape index (κ1) is 19.4. The summed E-state index contributed by atoms with van der Waals surface area (Å²) in [7, 11) is 3.14. The number of ether oxygens (including phenoxy) is 2. The molecule has 2 amide bonds. The Labute approximate surface area is 151 Å². The fourth-order valence-corrected chi connectivity index (χ4v) is 4.11. The maximum absolute atomic E-state index is 12.5. The van der Waals surface area contributed by atoms with Crippen molar-refractivity contribution in [3.8, 4) is 11.5 Å². The molecule has 138 valence electrons. The van der Waals surface area contributed by atoms with Crippen molar-refractivity contribution in [1.82, 2.24) is 10.4 Å². The second kappa shape index (κ2) is 8.96. The number of rotatable bonds is 7. The van der Waals surface area contributed by atoms with Gasteiger partial charge < -0.3 is 14.4 Å². The van der Waals surface area contributed by atoms with Crippen LogP contribution in [0.5, 0.6) is 11.5 Å². The Morgan fingerprint density at radius 2 is 1.96 bits per heavy atom. The number of hydroxylamine groups is 1. The van der Waals surface area contributed by atoms with Gasteiger partial charge in [0.2, 0.25) is 5.91 Å². The minimum absolute atomic E-state index is 0.0820. The van der Waals surface area contributed by atoms with Gasteiger partial charge in [0, 0.05) is 12.2 Å². The highest BCUT2D eigenvalue weighted by molar-refractivity contribution is 7.99. The first-order valence-electron chi connectivity index (χ1n) is 8.13. The van der Waals surface area contributed by atoms with Gasteiger partial charge in [0.1, 0.15) is 11.4 Å². The number of thioether (sulfide) groups is 1. The van der Waals surface area contributed by atoms with E-state index in [1.54, 1.807) is 50.8 Å². The molecule has 1 saturated heterocycles. The summed E-state index contributed by atoms with van der Waals surface area (Å²) in [4.78, 5) is 31.5. The summed E-state index contributed by atoms with van der Waals surface area (Å²) < 4.78 is 10.6. The fraction of sp³-hybridized carbons (Fsp3) is 0.529. The molecule has 0 radical (unpaired) electrons. The van der Waals surface area contributed by atoms with Gasteiger partial charge in [-0.15, -0.1) is 11.8 Å². The van der Waals surface area contributed by atoms with Crippen LogP contribution >= 0.6 is 11.8 Å². The summed E-state index contributed by atoms with van der Waals surface area (Å²) in [5.74, 6) is 1.32. The molecular formula is C17H24N2O5S. The normalized spacial score (nSPS) is 19.6. The molecule has 1 aromatic rings. The Kier molecular flexibility index (Phi) is 6.95. The molecule has 1 N–H and O–H groups in total. The second-order valence-corrected chi connectivity index (χ2v) is 6.48. The average Bonchev–Trinajstić information content (AvgIpc) is 3.09. The van der Waals surface area contributed by atoms with E-state index in [-0.39, 0.29) is 17.2 Å². The Balaban J connectivity index is 2.30. The molecule has 0 aromatic heterocycles. The number of benzene rings is 1. The van der Waals surface area contributed by atoms with Crippen LogP contribution in [0.3, 0.4) is 0 Å². The van der Waals surface area contributed by atoms with E-state index in [2.05, 4.69) is 5.48 Å². The molecule has 0 aliphatic carbocycles. The number of nitrogens with one attached hydrogen (secondary N) is 1. The number of hydrogen-bond donors (Lipinski definition) is 1. The minimum atomic E-state index is -0.568. The number of carbonyl (C=O) groups excluding carboxylic acids is 2. The first-order chi connectivity index (χ1) is 12.1. The van der Waals surface area contributed by atoms with Crippen LogP contribution in [0.1, 0.15) is 31.2 Å². The summed E-state index contributed by atoms with van der Waals surface area (Å²) >= 11 is 1.54. The summed E-state index contributed by atoms with van der Waals surface area (Å²) in [6.07, 6.45) is 0.322. The van der Waals surface area contributed by atoms with Crippen molar-refractivity contribution in [2.24, 2.45) is 0 Å². The van der Waals surface area contributed by atoms with Crippen LogP contribution < -0.4 is 15.0 Å². The lowest BCUT2D eigenvalue weighted by atomic mass is 10.1. The van der Waals surface area contributed by atoms with Crippen LogP contribution in [0.4, 0.5) is 0 Å². The Hall–Kier alpha value is -1.93. The van der Waals surface area contributed by atoms with E-state index >= 15 is 0 Å². The molecular weight excluding hydrogens is 344 g/mol. The smallest absolute Gasteiger partial charge is 0.267 e. The highest BCUT2D eigenvalue weighted by Crippen LogP contribution is 2.43. The van der Waals surface area contributed by atoms with Crippen LogP contribution in [0.2, 0.25) is 0 Å². The molecule has 1 aromatic carbocycles. The molecule has 1 heterocycles. The van der Waals surface area contributed by atoms with Gasteiger partial charge in [0.05, 0.1) is 20.8 Å². The van der Waals surface area contributed by atoms with Gasteiger partial charge in [0.25, 0.3) is 5.91 Å². The number of methoxy groups -OCH3 is 2. The van der Waals surface area contributed by atoms with E-state index in [0.717, 1.165) is 5.56 Å². The molecule has 2 unspecified atom stereocenters. The van der Waals surface area contributed by atoms with E-state index in [0.29, 0.717) is 30.3 Å². The SMILES string of the molecule is CCONC(=O)C1CSC(c2ccc(OC)c(OC)c2)N1C(=O)CC. The summed E-state index contributed by atoms with van der Waals surface area (Å²) in [5, 5.41) is -0.260. The van der Waals surface area contributed by atoms with Gasteiger partial charge in [0.15, 0.2) is 11.5 Å². The highest BCUT2D eigenvalue weighted by atomic mass is 32.2. The van der Waals surface area contributed by atoms with Crippen LogP contribution in [0, 0.1) is 0 Å². The zero-order chi connectivity index (χ0) is 18.4. The zero-order valence-corrected chi connectivity index (χ0v) is 15.7. The number of amides is 2. The van der Waals surface area contributed by atoms with Crippen molar-refractivity contribution in [1.29, 1.82) is 0 Å². The largest absolute Gasteiger partial charge is 0.493 e. The summed E-state index contributed by atoms with van der Waals surface area (Å²) in [6.45, 7) is 3.94. The third kappa shape index (κ3) is 4.19. The van der Waals surface area contributed by atoms with Crippen LogP contribution in [-0.4, -0.2) is 49.3 Å². The summed E-state index contributed by atoms with van der Waals surface area (Å²) in [6, 6.07) is 4.96. The molecule has 2 atom stereocenters. The molecule has 0 bridgehead atoms. The Bertz CT molecular complexity index is 625. The lowest BCUT2D eigenvalue weighted by molar-refractivity contribution is -0.145. The Morgan fingerprint density at radius 1 is 1.24 bits per heavy atom. The molecule has 2 rings (SSSR count). The van der Waals surface area contributed by atoms with E-state index in [1.807, 2.05) is 12.1 Å². The molecule has 0 spiro atoms. The van der Waals surface area contributed by atoms with Crippen molar-refractivity contribution in [2.75, 3.05) is 26.6 Å². The summed E-state index contributed by atoms with van der Waals surface area (Å²) in [5.41, 5.74) is 3.29. The Morgan fingerprint density at radius 3 is 2.56 bits per heavy atom. The predicted molar refractivity (Wildman–Crippen MR) is 95.4 cm³/mol. The van der Waals surface area contributed by atoms with E-state index in [1.165, 1.54) is 0 Å². The second-order valence-electron chi connectivity index (χ2n) is 5.37. The van der Waals surface area contributed by atoms with Crippen molar-refractivity contribution in [3.05, 3.63) is 23.8 Å². The third-order valence-electron chi connectivity index (χ3n) is 3.90. The molecule has 25 heavy (non-hydrogen) atoms. The first-order valence-corrected chi connectivity index (χ1v) is 9.18. The van der Waals surface area contributed by atoms with Crippen molar-refractivity contribution in [2.45, 2.75) is 31.7 Å². The van der Waals surface area contributed by atoms with E-state index in [9.17, 15) is 9.59 Å². The van der Waals surface area contributed by atoms with Crippen LogP contribution in [0.15, 0.2) is 18.2 Å². The molecule has 1 aliphatic heterocycles. The standard InChI is InChI=1S/C17H24N2O5S/c1-5-15(20)19-12(16(21)18-24-6-2)10-25-17(19)11-7-8-13(22-3)14(9-11)23-4/h7-9,12,17H,5-6,10H2,1-4H3,(H,18,21). The highest BCUT2D eigenvalue weighted by Gasteiger charge is 2.42. The zero-order valence-electron chi connectivity index (χ0n) is 14.9. The maximum Gasteiger partial charge on any atom is 0.267 e. The van der Waals surface area contributed by atoms with Crippen molar-refractivity contribution >= 4 is 23.6 Å². The topological polar surface area (TPSA) is 77.1 Å². The molecule has 8 heteroatoms. The van der Waals surface area contributed by atoms with E-state index < -0.39 is 6.04 Å². The lowest BCUT2D eigenvalue weighted by Gasteiger charge is -2.29. The van der Waals surface area contributed by atoms with Gasteiger partial charge >= 0.3 is 0 Å². The molecule has 1 aliphatic rings. The van der Waals surface area contributed by atoms with Gasteiger partial charge in [-0.1, -0.05) is 13.0 Å². The third-order valence-corrected chi connectivity index (χ3v) is 5.23. The van der Waals surface area contributed by atoms with Gasteiger partial charge in [-0.2, -0.15) is 0 Å². The maximum atomic E-state index is 12.5. The quantitative estimate of drug-likeness (QED) is 0.743. The van der Waals surface area contributed by atoms with Crippen molar-refractivity contribution in [3.63, 3.8) is 0 Å². The molecule has 0 saturated carbocycles. The van der Waals surface area contributed by atoms with Gasteiger partial charge in [-0.3, -0.25) is 14.4 Å². The van der Waals surface area contributed by atoms with Gasteiger partial charge in [-0.05, 0) is 24.6 Å². The average molecular weight is 368 g/mol.